The molecule has 0 atom stereocenters. The molecule has 0 saturated heterocycles. The van der Waals surface area contributed by atoms with Gasteiger partial charge in [0.15, 0.2) is 11.3 Å². The maximum Gasteiger partial charge on any atom is 0.178 e. The minimum absolute atomic E-state index is 0.696. The van der Waals surface area contributed by atoms with Crippen LogP contribution in [0.4, 0.5) is 0 Å². The van der Waals surface area contributed by atoms with E-state index in [0.29, 0.717) is 5.65 Å². The highest BCUT2D eigenvalue weighted by Gasteiger charge is 2.11. The molecule has 0 aliphatic carbocycles. The molecule has 4 aromatic rings. The maximum absolute atomic E-state index is 4.65. The van der Waals surface area contributed by atoms with Crippen molar-refractivity contribution in [2.24, 2.45) is 7.05 Å². The van der Waals surface area contributed by atoms with Crippen LogP contribution in [0.1, 0.15) is 0 Å². The fraction of sp³-hybridized carbons (Fsp3) is 0.0714. The molecule has 0 saturated carbocycles. The Balaban J connectivity index is 2.32. The molecule has 3 heterocycles. The molecule has 0 N–H and O–H groups in total. The molecule has 0 bridgehead atoms. The number of fused-ring (bicyclic) bond motifs is 4. The molecule has 4 heteroatoms. The van der Waals surface area contributed by atoms with E-state index in [1.165, 1.54) is 0 Å². The Morgan fingerprint density at radius 1 is 1.00 bits per heavy atom. The number of aryl methyl sites for hydroxylation is 1. The van der Waals surface area contributed by atoms with Gasteiger partial charge in [0.25, 0.3) is 0 Å². The van der Waals surface area contributed by atoms with Gasteiger partial charge in [0.2, 0.25) is 0 Å². The third kappa shape index (κ3) is 1.12. The van der Waals surface area contributed by atoms with Gasteiger partial charge in [-0.25, -0.2) is 15.0 Å². The number of hydrogen-bond acceptors (Lipinski definition) is 3. The van der Waals surface area contributed by atoms with Gasteiger partial charge >= 0.3 is 0 Å². The van der Waals surface area contributed by atoms with Crippen LogP contribution in [0.5, 0.6) is 0 Å². The van der Waals surface area contributed by atoms with Crippen LogP contribution >= 0.6 is 0 Å². The predicted molar refractivity (Wildman–Crippen MR) is 71.3 cm³/mol. The van der Waals surface area contributed by atoms with Gasteiger partial charge in [-0.05, 0) is 18.2 Å². The van der Waals surface area contributed by atoms with Crippen molar-refractivity contribution in [2.45, 2.75) is 0 Å². The lowest BCUT2D eigenvalue weighted by Gasteiger charge is -1.98. The molecule has 0 aliphatic rings. The van der Waals surface area contributed by atoms with Crippen LogP contribution < -0.4 is 0 Å². The van der Waals surface area contributed by atoms with E-state index in [-0.39, 0.29) is 0 Å². The molecule has 0 amide bonds. The summed E-state index contributed by atoms with van der Waals surface area (Å²) in [6.45, 7) is 0. The van der Waals surface area contributed by atoms with Gasteiger partial charge < -0.3 is 4.57 Å². The monoisotopic (exact) mass is 234 g/mol. The highest BCUT2D eigenvalue weighted by Crippen LogP contribution is 2.26. The molecule has 86 valence electrons. The summed E-state index contributed by atoms with van der Waals surface area (Å²) in [5, 5.41) is 1.12. The number of nitrogens with zero attached hydrogens (tertiary/aromatic N) is 4. The van der Waals surface area contributed by atoms with Gasteiger partial charge in [-0.1, -0.05) is 18.2 Å². The fourth-order valence-corrected chi connectivity index (χ4v) is 2.38. The topological polar surface area (TPSA) is 43.6 Å². The Bertz CT molecular complexity index is 892. The van der Waals surface area contributed by atoms with Crippen LogP contribution in [0, 0.1) is 0 Å². The normalized spacial score (nSPS) is 11.6. The molecule has 18 heavy (non-hydrogen) atoms. The van der Waals surface area contributed by atoms with Crippen LogP contribution in [-0.4, -0.2) is 19.5 Å². The predicted octanol–water partition coefficient (Wildman–Crippen LogP) is 2.67. The van der Waals surface area contributed by atoms with E-state index in [0.717, 1.165) is 27.6 Å². The van der Waals surface area contributed by atoms with Gasteiger partial charge in [0.1, 0.15) is 11.0 Å². The average Bonchev–Trinajstić information content (AvgIpc) is 2.71. The lowest BCUT2D eigenvalue weighted by molar-refractivity contribution is 0.991. The van der Waals surface area contributed by atoms with Crippen molar-refractivity contribution in [3.8, 4) is 0 Å². The zero-order valence-corrected chi connectivity index (χ0v) is 9.83. The van der Waals surface area contributed by atoms with Crippen molar-refractivity contribution in [2.75, 3.05) is 0 Å². The SMILES string of the molecule is Cn1c2ccccc2c2nc3ncccc3nc21. The number of aromatic nitrogens is 4. The molecule has 0 spiro atoms. The summed E-state index contributed by atoms with van der Waals surface area (Å²) in [5.74, 6) is 0. The van der Waals surface area contributed by atoms with E-state index >= 15 is 0 Å². The Morgan fingerprint density at radius 3 is 2.83 bits per heavy atom. The van der Waals surface area contributed by atoms with E-state index < -0.39 is 0 Å². The smallest absolute Gasteiger partial charge is 0.178 e. The molecule has 3 aromatic heterocycles. The van der Waals surface area contributed by atoms with Crippen molar-refractivity contribution < 1.29 is 0 Å². The third-order valence-corrected chi connectivity index (χ3v) is 3.26. The first-order valence-corrected chi connectivity index (χ1v) is 5.80. The molecule has 0 unspecified atom stereocenters. The number of hydrogen-bond donors (Lipinski definition) is 0. The molecule has 4 rings (SSSR count). The summed E-state index contributed by atoms with van der Waals surface area (Å²) in [6, 6.07) is 12.0. The van der Waals surface area contributed by atoms with Gasteiger partial charge in [0.05, 0.1) is 5.52 Å². The van der Waals surface area contributed by atoms with Crippen LogP contribution in [0.15, 0.2) is 42.6 Å². The Morgan fingerprint density at radius 2 is 1.89 bits per heavy atom. The molecular weight excluding hydrogens is 224 g/mol. The molecular formula is C14H10N4. The van der Waals surface area contributed by atoms with Crippen LogP contribution in [0.2, 0.25) is 0 Å². The first-order valence-electron chi connectivity index (χ1n) is 5.80. The first kappa shape index (κ1) is 9.53. The standard InChI is InChI=1S/C14H10N4/c1-18-11-7-3-2-5-9(11)12-14(18)16-10-6-4-8-15-13(10)17-12/h2-8H,1H3. The Hall–Kier alpha value is -2.49. The maximum atomic E-state index is 4.65. The molecule has 0 fully saturated rings. The minimum atomic E-state index is 0.696. The lowest BCUT2D eigenvalue weighted by Crippen LogP contribution is -1.92. The first-order chi connectivity index (χ1) is 8.84. The summed E-state index contributed by atoms with van der Waals surface area (Å²) in [4.78, 5) is 13.5. The minimum Gasteiger partial charge on any atom is -0.327 e. The molecule has 4 nitrogen and oxygen atoms in total. The van der Waals surface area contributed by atoms with Gasteiger partial charge in [-0.2, -0.15) is 0 Å². The molecule has 1 aromatic carbocycles. The number of rotatable bonds is 0. The Labute approximate surface area is 103 Å². The van der Waals surface area contributed by atoms with E-state index in [1.807, 2.05) is 31.3 Å². The quantitative estimate of drug-likeness (QED) is 0.470. The summed E-state index contributed by atoms with van der Waals surface area (Å²) in [5.41, 5.74) is 4.48. The second kappa shape index (κ2) is 3.26. The summed E-state index contributed by atoms with van der Waals surface area (Å²) in [7, 11) is 2.02. The van der Waals surface area contributed by atoms with Crippen molar-refractivity contribution in [3.05, 3.63) is 42.6 Å². The molecule has 0 aliphatic heterocycles. The average molecular weight is 234 g/mol. The van der Waals surface area contributed by atoms with E-state index in [2.05, 4.69) is 31.7 Å². The number of pyridine rings is 1. The fourth-order valence-electron chi connectivity index (χ4n) is 2.38. The van der Waals surface area contributed by atoms with Gasteiger partial charge in [-0.3, -0.25) is 0 Å². The van der Waals surface area contributed by atoms with Crippen molar-refractivity contribution in [3.63, 3.8) is 0 Å². The number of benzene rings is 1. The van der Waals surface area contributed by atoms with Crippen molar-refractivity contribution >= 4 is 33.2 Å². The molecule has 0 radical (unpaired) electrons. The van der Waals surface area contributed by atoms with Crippen LogP contribution in [-0.2, 0) is 7.05 Å². The van der Waals surface area contributed by atoms with E-state index in [1.54, 1.807) is 6.20 Å². The highest BCUT2D eigenvalue weighted by molar-refractivity contribution is 6.05. The summed E-state index contributed by atoms with van der Waals surface area (Å²) >= 11 is 0. The third-order valence-electron chi connectivity index (χ3n) is 3.26. The lowest BCUT2D eigenvalue weighted by atomic mass is 10.2. The summed E-state index contributed by atoms with van der Waals surface area (Å²) in [6.07, 6.45) is 1.74. The second-order valence-electron chi connectivity index (χ2n) is 4.32. The van der Waals surface area contributed by atoms with Crippen LogP contribution in [0.3, 0.4) is 0 Å². The highest BCUT2D eigenvalue weighted by atomic mass is 15.1. The van der Waals surface area contributed by atoms with Gasteiger partial charge in [0, 0.05) is 18.6 Å². The van der Waals surface area contributed by atoms with E-state index in [4.69, 9.17) is 0 Å². The van der Waals surface area contributed by atoms with Gasteiger partial charge in [-0.15, -0.1) is 0 Å². The van der Waals surface area contributed by atoms with Crippen molar-refractivity contribution in [1.29, 1.82) is 0 Å². The largest absolute Gasteiger partial charge is 0.327 e. The Kier molecular flexibility index (Phi) is 1.73. The zero-order valence-electron chi connectivity index (χ0n) is 9.83. The summed E-state index contributed by atoms with van der Waals surface area (Å²) < 4.78 is 2.07. The zero-order chi connectivity index (χ0) is 12.1. The number of para-hydroxylation sites is 1. The van der Waals surface area contributed by atoms with E-state index in [9.17, 15) is 0 Å². The van der Waals surface area contributed by atoms with Crippen molar-refractivity contribution in [1.82, 2.24) is 19.5 Å². The second-order valence-corrected chi connectivity index (χ2v) is 4.32. The van der Waals surface area contributed by atoms with Crippen LogP contribution in [0.25, 0.3) is 33.2 Å².